The number of nitrogens with two attached hydrogens (primary N) is 1. The molecule has 2 heteroatoms. The maximum absolute atomic E-state index is 6.09. The smallest absolute Gasteiger partial charge is 0.0205 e. The van der Waals surface area contributed by atoms with Crippen LogP contribution in [0.15, 0.2) is 30.3 Å². The van der Waals surface area contributed by atoms with E-state index in [1.807, 2.05) is 6.07 Å². The largest absolute Gasteiger partial charge is 0.327 e. The van der Waals surface area contributed by atoms with Crippen LogP contribution in [-0.2, 0) is 6.54 Å². The van der Waals surface area contributed by atoms with E-state index in [9.17, 15) is 0 Å². The first-order chi connectivity index (χ1) is 7.50. The fraction of sp³-hybridized carbons (Fsp3) is 0.571. The molecule has 0 radical (unpaired) electrons. The van der Waals surface area contributed by atoms with Gasteiger partial charge in [0.1, 0.15) is 0 Å². The molecule has 0 aromatic heterocycles. The standard InChI is InChI=1S/C14H24N2/c1-14(2,3)13(15)9-10-16-11-12-7-5-4-6-8-12/h4-8,13,16H,9-11,15H2,1-3H3. The highest BCUT2D eigenvalue weighted by atomic mass is 14.9. The third kappa shape index (κ3) is 4.77. The van der Waals surface area contributed by atoms with Gasteiger partial charge in [0, 0.05) is 12.6 Å². The molecule has 1 aromatic rings. The van der Waals surface area contributed by atoms with E-state index in [1.54, 1.807) is 0 Å². The van der Waals surface area contributed by atoms with Crippen molar-refractivity contribution in [2.75, 3.05) is 6.54 Å². The Morgan fingerprint density at radius 3 is 2.38 bits per heavy atom. The topological polar surface area (TPSA) is 38.0 Å². The summed E-state index contributed by atoms with van der Waals surface area (Å²) in [5.41, 5.74) is 7.62. The van der Waals surface area contributed by atoms with Gasteiger partial charge in [-0.05, 0) is 23.9 Å². The number of nitrogens with one attached hydrogen (secondary N) is 1. The fourth-order valence-corrected chi connectivity index (χ4v) is 1.52. The van der Waals surface area contributed by atoms with Crippen LogP contribution in [0.2, 0.25) is 0 Å². The molecule has 0 saturated carbocycles. The zero-order valence-corrected chi connectivity index (χ0v) is 10.7. The van der Waals surface area contributed by atoms with E-state index in [0.717, 1.165) is 19.5 Å². The van der Waals surface area contributed by atoms with Gasteiger partial charge in [-0.25, -0.2) is 0 Å². The van der Waals surface area contributed by atoms with Gasteiger partial charge in [-0.1, -0.05) is 51.1 Å². The van der Waals surface area contributed by atoms with Crippen LogP contribution in [0, 0.1) is 5.41 Å². The van der Waals surface area contributed by atoms with E-state index in [2.05, 4.69) is 50.4 Å². The molecule has 0 aliphatic heterocycles. The van der Waals surface area contributed by atoms with Crippen LogP contribution in [-0.4, -0.2) is 12.6 Å². The Balaban J connectivity index is 2.18. The summed E-state index contributed by atoms with van der Waals surface area (Å²) in [6.45, 7) is 8.48. The van der Waals surface area contributed by atoms with Crippen LogP contribution in [0.5, 0.6) is 0 Å². The molecule has 0 bridgehead atoms. The Morgan fingerprint density at radius 2 is 1.81 bits per heavy atom. The van der Waals surface area contributed by atoms with Crippen molar-refractivity contribution in [3.8, 4) is 0 Å². The molecular formula is C14H24N2. The van der Waals surface area contributed by atoms with Crippen molar-refractivity contribution in [3.63, 3.8) is 0 Å². The third-order valence-corrected chi connectivity index (χ3v) is 2.92. The summed E-state index contributed by atoms with van der Waals surface area (Å²) in [5, 5.41) is 3.42. The molecule has 0 spiro atoms. The molecule has 2 nitrogen and oxygen atoms in total. The third-order valence-electron chi connectivity index (χ3n) is 2.92. The van der Waals surface area contributed by atoms with Crippen LogP contribution >= 0.6 is 0 Å². The molecule has 1 aromatic carbocycles. The second kappa shape index (κ2) is 6.02. The molecule has 1 atom stereocenters. The summed E-state index contributed by atoms with van der Waals surface area (Å²) >= 11 is 0. The number of hydrogen-bond acceptors (Lipinski definition) is 2. The second-order valence-electron chi connectivity index (χ2n) is 5.42. The molecule has 16 heavy (non-hydrogen) atoms. The van der Waals surface area contributed by atoms with Gasteiger partial charge in [0.25, 0.3) is 0 Å². The van der Waals surface area contributed by atoms with Crippen LogP contribution in [0.4, 0.5) is 0 Å². The highest BCUT2D eigenvalue weighted by Crippen LogP contribution is 2.19. The minimum absolute atomic E-state index is 0.203. The van der Waals surface area contributed by atoms with Crippen LogP contribution < -0.4 is 11.1 Å². The maximum atomic E-state index is 6.09. The van der Waals surface area contributed by atoms with Gasteiger partial charge in [0.15, 0.2) is 0 Å². The highest BCUT2D eigenvalue weighted by Gasteiger charge is 2.19. The van der Waals surface area contributed by atoms with Crippen molar-refractivity contribution in [1.29, 1.82) is 0 Å². The van der Waals surface area contributed by atoms with Gasteiger partial charge in [-0.15, -0.1) is 0 Å². The van der Waals surface area contributed by atoms with Crippen molar-refractivity contribution in [3.05, 3.63) is 35.9 Å². The molecule has 90 valence electrons. The van der Waals surface area contributed by atoms with Crippen LogP contribution in [0.3, 0.4) is 0 Å². The number of benzene rings is 1. The lowest BCUT2D eigenvalue weighted by Gasteiger charge is -2.27. The normalized spacial score (nSPS) is 13.8. The number of hydrogen-bond donors (Lipinski definition) is 2. The first-order valence-corrected chi connectivity index (χ1v) is 6.00. The zero-order chi connectivity index (χ0) is 12.0. The molecular weight excluding hydrogens is 196 g/mol. The first-order valence-electron chi connectivity index (χ1n) is 6.00. The summed E-state index contributed by atoms with van der Waals surface area (Å²) < 4.78 is 0. The van der Waals surface area contributed by atoms with E-state index >= 15 is 0 Å². The molecule has 0 fully saturated rings. The summed E-state index contributed by atoms with van der Waals surface area (Å²) in [6, 6.07) is 10.7. The van der Waals surface area contributed by atoms with Crippen molar-refractivity contribution >= 4 is 0 Å². The molecule has 0 amide bonds. The first kappa shape index (κ1) is 13.2. The summed E-state index contributed by atoms with van der Waals surface area (Å²) in [5.74, 6) is 0. The van der Waals surface area contributed by atoms with E-state index in [1.165, 1.54) is 5.56 Å². The van der Waals surface area contributed by atoms with E-state index in [4.69, 9.17) is 5.73 Å². The van der Waals surface area contributed by atoms with Crippen LogP contribution in [0.25, 0.3) is 0 Å². The molecule has 1 rings (SSSR count). The summed E-state index contributed by atoms with van der Waals surface area (Å²) in [4.78, 5) is 0. The summed E-state index contributed by atoms with van der Waals surface area (Å²) in [7, 11) is 0. The van der Waals surface area contributed by atoms with Crippen molar-refractivity contribution in [1.82, 2.24) is 5.32 Å². The van der Waals surface area contributed by atoms with E-state index in [-0.39, 0.29) is 11.5 Å². The SMILES string of the molecule is CC(C)(C)C(N)CCNCc1ccccc1. The average Bonchev–Trinajstić information content (AvgIpc) is 2.24. The average molecular weight is 220 g/mol. The molecule has 0 heterocycles. The van der Waals surface area contributed by atoms with Gasteiger partial charge in [0.2, 0.25) is 0 Å². The monoisotopic (exact) mass is 220 g/mol. The van der Waals surface area contributed by atoms with Gasteiger partial charge < -0.3 is 11.1 Å². The Labute approximate surface area is 99.2 Å². The van der Waals surface area contributed by atoms with E-state index in [0.29, 0.717) is 0 Å². The highest BCUT2D eigenvalue weighted by molar-refractivity contribution is 5.14. The van der Waals surface area contributed by atoms with Crippen LogP contribution in [0.1, 0.15) is 32.8 Å². The van der Waals surface area contributed by atoms with Crippen molar-refractivity contribution in [2.45, 2.75) is 39.8 Å². The van der Waals surface area contributed by atoms with Gasteiger partial charge >= 0.3 is 0 Å². The predicted molar refractivity (Wildman–Crippen MR) is 70.2 cm³/mol. The van der Waals surface area contributed by atoms with E-state index < -0.39 is 0 Å². The van der Waals surface area contributed by atoms with Crippen molar-refractivity contribution in [2.24, 2.45) is 11.1 Å². The summed E-state index contributed by atoms with van der Waals surface area (Å²) in [6.07, 6.45) is 1.02. The molecule has 3 N–H and O–H groups in total. The molecule has 0 aliphatic rings. The Bertz CT molecular complexity index is 287. The quantitative estimate of drug-likeness (QED) is 0.748. The predicted octanol–water partition coefficient (Wildman–Crippen LogP) is 2.54. The van der Waals surface area contributed by atoms with Crippen molar-refractivity contribution < 1.29 is 0 Å². The minimum Gasteiger partial charge on any atom is -0.327 e. The maximum Gasteiger partial charge on any atom is 0.0205 e. The Kier molecular flexibility index (Phi) is 4.97. The van der Waals surface area contributed by atoms with Gasteiger partial charge in [-0.3, -0.25) is 0 Å². The lowest BCUT2D eigenvalue weighted by atomic mass is 9.85. The zero-order valence-electron chi connectivity index (χ0n) is 10.7. The fourth-order valence-electron chi connectivity index (χ4n) is 1.52. The lowest BCUT2D eigenvalue weighted by Crippen LogP contribution is -2.37. The van der Waals surface area contributed by atoms with Gasteiger partial charge in [-0.2, -0.15) is 0 Å². The van der Waals surface area contributed by atoms with Gasteiger partial charge in [0.05, 0.1) is 0 Å². The molecule has 0 saturated heterocycles. The molecule has 0 aliphatic carbocycles. The Morgan fingerprint density at radius 1 is 1.19 bits per heavy atom. The second-order valence-corrected chi connectivity index (χ2v) is 5.42. The minimum atomic E-state index is 0.203. The lowest BCUT2D eigenvalue weighted by molar-refractivity contribution is 0.302. The molecule has 1 unspecified atom stereocenters. The Hall–Kier alpha value is -0.860. The number of rotatable bonds is 5.